The maximum atomic E-state index is 13.1. The van der Waals surface area contributed by atoms with Crippen LogP contribution in [0.15, 0.2) is 40.9 Å². The molecule has 7 heteroatoms. The number of carbonyl (C=O) groups excluding carboxylic acids is 2. The molecule has 0 N–H and O–H groups in total. The van der Waals surface area contributed by atoms with E-state index in [0.717, 1.165) is 17.7 Å². The van der Waals surface area contributed by atoms with Crippen LogP contribution in [0.5, 0.6) is 0 Å². The van der Waals surface area contributed by atoms with E-state index in [2.05, 4.69) is 19.0 Å². The summed E-state index contributed by atoms with van der Waals surface area (Å²) in [6.07, 6.45) is 1.66. The lowest BCUT2D eigenvalue weighted by molar-refractivity contribution is -0.138. The molecule has 0 bridgehead atoms. The number of nitrogens with zero attached hydrogens (tertiary/aromatic N) is 3. The molecule has 1 aromatic heterocycles. The van der Waals surface area contributed by atoms with Gasteiger partial charge in [0.1, 0.15) is 0 Å². The van der Waals surface area contributed by atoms with Crippen LogP contribution in [0.2, 0.25) is 0 Å². The Bertz CT molecular complexity index is 941. The SMILES string of the molecule is CC(C)Cc1cc(C(=O)N2CC[C@@]34OC[C@@H](c5ccccc5)N3C(=O)C[C@@H]24)on1. The Morgan fingerprint density at radius 2 is 2.10 bits per heavy atom. The quantitative estimate of drug-likeness (QED) is 0.796. The Kier molecular flexibility index (Phi) is 4.24. The van der Waals surface area contributed by atoms with Crippen molar-refractivity contribution in [1.82, 2.24) is 15.0 Å². The highest BCUT2D eigenvalue weighted by molar-refractivity contribution is 5.93. The first-order valence-corrected chi connectivity index (χ1v) is 10.3. The smallest absolute Gasteiger partial charge is 0.292 e. The molecule has 0 aliphatic carbocycles. The highest BCUT2D eigenvalue weighted by Gasteiger charge is 2.65. The van der Waals surface area contributed by atoms with Gasteiger partial charge in [-0.25, -0.2) is 0 Å². The lowest BCUT2D eigenvalue weighted by Crippen LogP contribution is -2.49. The summed E-state index contributed by atoms with van der Waals surface area (Å²) in [7, 11) is 0. The fourth-order valence-electron chi connectivity index (χ4n) is 5.08. The van der Waals surface area contributed by atoms with Gasteiger partial charge in [-0.2, -0.15) is 0 Å². The van der Waals surface area contributed by atoms with Crippen molar-refractivity contribution in [2.24, 2.45) is 5.92 Å². The molecule has 7 nitrogen and oxygen atoms in total. The molecule has 0 radical (unpaired) electrons. The molecule has 0 saturated carbocycles. The Morgan fingerprint density at radius 1 is 1.31 bits per heavy atom. The zero-order valence-corrected chi connectivity index (χ0v) is 16.7. The van der Waals surface area contributed by atoms with Gasteiger partial charge in [0, 0.05) is 19.0 Å². The summed E-state index contributed by atoms with van der Waals surface area (Å²) in [5, 5.41) is 4.03. The largest absolute Gasteiger partial charge is 0.351 e. The highest BCUT2D eigenvalue weighted by atomic mass is 16.5. The van der Waals surface area contributed by atoms with Crippen molar-refractivity contribution in [1.29, 1.82) is 0 Å². The Balaban J connectivity index is 1.40. The molecule has 1 aromatic carbocycles. The first-order chi connectivity index (χ1) is 14.0. The molecular weight excluding hydrogens is 370 g/mol. The van der Waals surface area contributed by atoms with E-state index in [1.807, 2.05) is 35.2 Å². The van der Waals surface area contributed by atoms with E-state index in [0.29, 0.717) is 25.5 Å². The number of benzene rings is 1. The van der Waals surface area contributed by atoms with Gasteiger partial charge < -0.3 is 19.1 Å². The number of amides is 2. The van der Waals surface area contributed by atoms with Crippen LogP contribution < -0.4 is 0 Å². The van der Waals surface area contributed by atoms with Crippen molar-refractivity contribution >= 4 is 11.8 Å². The van der Waals surface area contributed by atoms with Crippen LogP contribution in [0.1, 0.15) is 54.5 Å². The lowest BCUT2D eigenvalue weighted by Gasteiger charge is -2.33. The van der Waals surface area contributed by atoms with Gasteiger partial charge in [0.15, 0.2) is 5.72 Å². The average molecular weight is 395 g/mol. The minimum atomic E-state index is -0.728. The molecule has 3 saturated heterocycles. The highest BCUT2D eigenvalue weighted by Crippen LogP contribution is 2.51. The van der Waals surface area contributed by atoms with E-state index in [4.69, 9.17) is 9.26 Å². The predicted octanol–water partition coefficient (Wildman–Crippen LogP) is 2.79. The van der Waals surface area contributed by atoms with E-state index in [9.17, 15) is 9.59 Å². The second-order valence-corrected chi connectivity index (χ2v) is 8.59. The third-order valence-corrected chi connectivity index (χ3v) is 6.29. The van der Waals surface area contributed by atoms with Crippen LogP contribution in [0, 0.1) is 5.92 Å². The van der Waals surface area contributed by atoms with Crippen LogP contribution in [0.3, 0.4) is 0 Å². The molecule has 0 unspecified atom stereocenters. The fourth-order valence-corrected chi connectivity index (χ4v) is 5.08. The maximum absolute atomic E-state index is 13.1. The van der Waals surface area contributed by atoms with Crippen molar-refractivity contribution in [3.63, 3.8) is 0 Å². The van der Waals surface area contributed by atoms with E-state index in [-0.39, 0.29) is 36.1 Å². The minimum Gasteiger partial charge on any atom is -0.351 e. The van der Waals surface area contributed by atoms with Gasteiger partial charge in [-0.1, -0.05) is 49.3 Å². The van der Waals surface area contributed by atoms with Crippen molar-refractivity contribution in [3.8, 4) is 0 Å². The van der Waals surface area contributed by atoms with Crippen molar-refractivity contribution in [2.75, 3.05) is 13.2 Å². The van der Waals surface area contributed by atoms with E-state index < -0.39 is 5.72 Å². The molecule has 2 aromatic rings. The summed E-state index contributed by atoms with van der Waals surface area (Å²) in [6, 6.07) is 11.3. The second-order valence-electron chi connectivity index (χ2n) is 8.59. The zero-order chi connectivity index (χ0) is 20.2. The normalized spacial score (nSPS) is 28.3. The minimum absolute atomic E-state index is 0.0388. The monoisotopic (exact) mass is 395 g/mol. The van der Waals surface area contributed by atoms with E-state index in [1.165, 1.54) is 0 Å². The zero-order valence-electron chi connectivity index (χ0n) is 16.7. The Hall–Kier alpha value is -2.67. The Labute approximate surface area is 169 Å². The van der Waals surface area contributed by atoms with Gasteiger partial charge in [0.05, 0.1) is 30.8 Å². The van der Waals surface area contributed by atoms with Gasteiger partial charge in [-0.3, -0.25) is 9.59 Å². The molecule has 29 heavy (non-hydrogen) atoms. The van der Waals surface area contributed by atoms with Gasteiger partial charge in [0.2, 0.25) is 11.7 Å². The van der Waals surface area contributed by atoms with E-state index >= 15 is 0 Å². The van der Waals surface area contributed by atoms with Crippen LogP contribution in [-0.2, 0) is 16.0 Å². The maximum Gasteiger partial charge on any atom is 0.292 e. The summed E-state index contributed by atoms with van der Waals surface area (Å²) in [5.41, 5.74) is 1.12. The first-order valence-electron chi connectivity index (χ1n) is 10.3. The number of carbonyl (C=O) groups is 2. The molecule has 3 aliphatic heterocycles. The summed E-state index contributed by atoms with van der Waals surface area (Å²) in [4.78, 5) is 29.7. The molecule has 1 spiro atoms. The van der Waals surface area contributed by atoms with Crippen molar-refractivity contribution in [2.45, 2.75) is 50.9 Å². The molecule has 5 rings (SSSR count). The Morgan fingerprint density at radius 3 is 2.86 bits per heavy atom. The number of ether oxygens (including phenoxy) is 1. The number of hydrogen-bond donors (Lipinski definition) is 0. The van der Waals surface area contributed by atoms with Gasteiger partial charge in [-0.15, -0.1) is 0 Å². The number of aromatic nitrogens is 1. The molecule has 3 atom stereocenters. The standard InChI is InChI=1S/C22H25N3O4/c1-14(2)10-16-11-18(29-23-16)21(27)24-9-8-22-19(24)12-20(26)25(22)17(13-28-22)15-6-4-3-5-7-15/h3-7,11,14,17,19H,8-10,12-13H2,1-2H3/t17-,19+,22-/m0/s1. The molecule has 152 valence electrons. The summed E-state index contributed by atoms with van der Waals surface area (Å²) >= 11 is 0. The number of rotatable bonds is 4. The molecular formula is C22H25N3O4. The number of hydrogen-bond acceptors (Lipinski definition) is 5. The second kappa shape index (κ2) is 6.69. The van der Waals surface area contributed by atoms with E-state index in [1.54, 1.807) is 11.0 Å². The summed E-state index contributed by atoms with van der Waals surface area (Å²) in [6.45, 7) is 5.18. The van der Waals surface area contributed by atoms with Crippen LogP contribution >= 0.6 is 0 Å². The van der Waals surface area contributed by atoms with Gasteiger partial charge in [0.25, 0.3) is 5.91 Å². The molecule has 4 heterocycles. The fraction of sp³-hybridized carbons (Fsp3) is 0.500. The predicted molar refractivity (Wildman–Crippen MR) is 104 cm³/mol. The van der Waals surface area contributed by atoms with Crippen molar-refractivity contribution in [3.05, 3.63) is 53.4 Å². The molecule has 3 aliphatic rings. The molecule has 3 fully saturated rings. The first kappa shape index (κ1) is 18.4. The third-order valence-electron chi connectivity index (χ3n) is 6.29. The third kappa shape index (κ3) is 2.79. The van der Waals surface area contributed by atoms with Gasteiger partial charge in [-0.05, 0) is 17.9 Å². The summed E-state index contributed by atoms with van der Waals surface area (Å²) in [5.74, 6) is 0.495. The topological polar surface area (TPSA) is 75.9 Å². The lowest BCUT2D eigenvalue weighted by atomic mass is 10.0. The number of likely N-dealkylation sites (tertiary alicyclic amines) is 1. The molecule has 2 amide bonds. The van der Waals surface area contributed by atoms with Crippen LogP contribution in [0.4, 0.5) is 0 Å². The van der Waals surface area contributed by atoms with Crippen LogP contribution in [-0.4, -0.2) is 51.7 Å². The van der Waals surface area contributed by atoms with Gasteiger partial charge >= 0.3 is 0 Å². The average Bonchev–Trinajstić information content (AvgIpc) is 3.44. The van der Waals surface area contributed by atoms with Crippen molar-refractivity contribution < 1.29 is 18.8 Å². The summed E-state index contributed by atoms with van der Waals surface area (Å²) < 4.78 is 11.6. The van der Waals surface area contributed by atoms with Crippen LogP contribution in [0.25, 0.3) is 0 Å².